The molecule has 1 rings (SSSR count). The summed E-state index contributed by atoms with van der Waals surface area (Å²) < 4.78 is 1.10. The molecule has 0 aliphatic rings. The van der Waals surface area contributed by atoms with Crippen LogP contribution in [-0.4, -0.2) is 50.1 Å². The van der Waals surface area contributed by atoms with E-state index in [-0.39, 0.29) is 25.4 Å². The molecule has 1 aromatic rings. The zero-order valence-corrected chi connectivity index (χ0v) is 8.81. The van der Waals surface area contributed by atoms with Crippen LogP contribution in [0.15, 0.2) is 12.4 Å². The third-order valence-electron chi connectivity index (χ3n) is 1.94. The Bertz CT molecular complexity index is 400. The highest BCUT2D eigenvalue weighted by Gasteiger charge is 2.13. The molecule has 1 heterocycles. The van der Waals surface area contributed by atoms with Gasteiger partial charge in [0.1, 0.15) is 18.9 Å². The molecule has 0 saturated carbocycles. The van der Waals surface area contributed by atoms with Gasteiger partial charge in [-0.3, -0.25) is 19.6 Å². The van der Waals surface area contributed by atoms with Crippen LogP contribution >= 0.6 is 0 Å². The monoisotopic (exact) mass is 244 g/mol. The molecule has 0 aliphatic heterocycles. The highest BCUT2D eigenvalue weighted by atomic mass is 16.6. The number of hydrogen-bond donors (Lipinski definition) is 3. The van der Waals surface area contributed by atoms with Crippen LogP contribution in [0.4, 0.5) is 5.69 Å². The Kier molecular flexibility index (Phi) is 4.55. The van der Waals surface area contributed by atoms with Crippen molar-refractivity contribution in [2.45, 2.75) is 12.6 Å². The van der Waals surface area contributed by atoms with E-state index in [1.807, 2.05) is 0 Å². The smallest absolute Gasteiger partial charge is 0.307 e. The molecule has 0 unspecified atom stereocenters. The predicted molar refractivity (Wildman–Crippen MR) is 55.0 cm³/mol. The highest BCUT2D eigenvalue weighted by molar-refractivity contribution is 5.76. The molecule has 1 aromatic heterocycles. The molecule has 0 radical (unpaired) electrons. The second kappa shape index (κ2) is 5.92. The van der Waals surface area contributed by atoms with E-state index in [0.29, 0.717) is 0 Å². The van der Waals surface area contributed by atoms with Crippen molar-refractivity contribution < 1.29 is 19.9 Å². The van der Waals surface area contributed by atoms with Crippen LogP contribution < -0.4 is 5.32 Å². The number of aliphatic hydroxyl groups excluding tert-OH is 2. The van der Waals surface area contributed by atoms with E-state index < -0.39 is 16.9 Å². The summed E-state index contributed by atoms with van der Waals surface area (Å²) >= 11 is 0. The molecule has 0 aliphatic carbocycles. The molecule has 17 heavy (non-hydrogen) atoms. The molecule has 0 atom stereocenters. The molecule has 3 N–H and O–H groups in total. The molecule has 9 heteroatoms. The third-order valence-corrected chi connectivity index (χ3v) is 1.94. The number of carbonyl (C=O) groups is 1. The van der Waals surface area contributed by atoms with Crippen molar-refractivity contribution in [1.29, 1.82) is 0 Å². The quantitative estimate of drug-likeness (QED) is 0.402. The topological polar surface area (TPSA) is 131 Å². The van der Waals surface area contributed by atoms with E-state index in [4.69, 9.17) is 10.2 Å². The highest BCUT2D eigenvalue weighted by Crippen LogP contribution is 2.07. The first-order chi connectivity index (χ1) is 8.06. The number of rotatable bonds is 6. The number of amides is 1. The van der Waals surface area contributed by atoms with Crippen LogP contribution in [0.3, 0.4) is 0 Å². The van der Waals surface area contributed by atoms with Gasteiger partial charge in [0.15, 0.2) is 0 Å². The summed E-state index contributed by atoms with van der Waals surface area (Å²) in [6.45, 7) is -0.993. The van der Waals surface area contributed by atoms with E-state index in [9.17, 15) is 14.9 Å². The molecule has 0 bridgehead atoms. The number of nitrogens with one attached hydrogen (secondary N) is 1. The molecule has 0 aromatic carbocycles. The van der Waals surface area contributed by atoms with Gasteiger partial charge in [-0.1, -0.05) is 0 Å². The van der Waals surface area contributed by atoms with Crippen LogP contribution in [0.1, 0.15) is 0 Å². The first-order valence-corrected chi connectivity index (χ1v) is 4.74. The lowest BCUT2D eigenvalue weighted by molar-refractivity contribution is -0.385. The average molecular weight is 244 g/mol. The van der Waals surface area contributed by atoms with Crippen LogP contribution in [0.2, 0.25) is 0 Å². The van der Waals surface area contributed by atoms with E-state index in [2.05, 4.69) is 10.4 Å². The molecule has 1 amide bonds. The normalized spacial score (nSPS) is 10.5. The minimum absolute atomic E-state index is 0.210. The van der Waals surface area contributed by atoms with Gasteiger partial charge < -0.3 is 15.5 Å². The van der Waals surface area contributed by atoms with Crippen molar-refractivity contribution in [2.24, 2.45) is 0 Å². The van der Waals surface area contributed by atoms with Gasteiger partial charge in [0.2, 0.25) is 5.91 Å². The van der Waals surface area contributed by atoms with E-state index in [0.717, 1.165) is 17.1 Å². The SMILES string of the molecule is O=C(Cn1cc([N+](=O)[O-])cn1)NC(CO)CO. The van der Waals surface area contributed by atoms with Crippen molar-refractivity contribution in [2.75, 3.05) is 13.2 Å². The Morgan fingerprint density at radius 2 is 2.24 bits per heavy atom. The first-order valence-electron chi connectivity index (χ1n) is 4.74. The van der Waals surface area contributed by atoms with Crippen LogP contribution in [-0.2, 0) is 11.3 Å². The summed E-state index contributed by atoms with van der Waals surface area (Å²) in [4.78, 5) is 21.1. The van der Waals surface area contributed by atoms with Crippen molar-refractivity contribution >= 4 is 11.6 Å². The number of carbonyl (C=O) groups excluding carboxylic acids is 1. The summed E-state index contributed by atoms with van der Waals surface area (Å²) in [6, 6.07) is -0.743. The van der Waals surface area contributed by atoms with Crippen molar-refractivity contribution in [3.05, 3.63) is 22.5 Å². The molecule has 0 fully saturated rings. The lowest BCUT2D eigenvalue weighted by Gasteiger charge is -2.12. The van der Waals surface area contributed by atoms with Crippen molar-refractivity contribution in [3.63, 3.8) is 0 Å². The van der Waals surface area contributed by atoms with Gasteiger partial charge in [-0.05, 0) is 0 Å². The summed E-state index contributed by atoms with van der Waals surface area (Å²) in [5.41, 5.74) is -0.210. The number of nitrogens with zero attached hydrogens (tertiary/aromatic N) is 3. The molecule has 0 spiro atoms. The van der Waals surface area contributed by atoms with Gasteiger partial charge in [-0.25, -0.2) is 0 Å². The largest absolute Gasteiger partial charge is 0.394 e. The first kappa shape index (κ1) is 13.1. The Labute approximate surface area is 95.8 Å². The maximum absolute atomic E-state index is 11.4. The van der Waals surface area contributed by atoms with Crippen LogP contribution in [0, 0.1) is 10.1 Å². The Morgan fingerprint density at radius 3 is 2.71 bits per heavy atom. The van der Waals surface area contributed by atoms with E-state index in [1.54, 1.807) is 0 Å². The molecule has 0 saturated heterocycles. The standard InChI is InChI=1S/C8H12N4O5/c13-4-6(5-14)10-8(15)3-11-2-7(1-9-11)12(16)17/h1-2,6,13-14H,3-5H2,(H,10,15). The summed E-state index contributed by atoms with van der Waals surface area (Å²) in [6.07, 6.45) is 2.15. The molecular weight excluding hydrogens is 232 g/mol. The predicted octanol–water partition coefficient (Wildman–Crippen LogP) is -1.74. The number of aromatic nitrogens is 2. The van der Waals surface area contributed by atoms with Gasteiger partial charge in [-0.15, -0.1) is 0 Å². The van der Waals surface area contributed by atoms with Gasteiger partial charge >= 0.3 is 5.69 Å². The zero-order chi connectivity index (χ0) is 12.8. The Morgan fingerprint density at radius 1 is 1.59 bits per heavy atom. The van der Waals surface area contributed by atoms with E-state index >= 15 is 0 Å². The molecule has 94 valence electrons. The summed E-state index contributed by atoms with van der Waals surface area (Å²) in [5.74, 6) is -0.504. The van der Waals surface area contributed by atoms with E-state index in [1.165, 1.54) is 0 Å². The second-order valence-electron chi connectivity index (χ2n) is 3.28. The van der Waals surface area contributed by atoms with Gasteiger partial charge in [-0.2, -0.15) is 5.10 Å². The zero-order valence-electron chi connectivity index (χ0n) is 8.81. The number of nitro groups is 1. The summed E-state index contributed by atoms with van der Waals surface area (Å²) in [5, 5.41) is 33.8. The number of hydrogen-bond acceptors (Lipinski definition) is 6. The second-order valence-corrected chi connectivity index (χ2v) is 3.28. The number of aliphatic hydroxyl groups is 2. The maximum Gasteiger partial charge on any atom is 0.307 e. The Balaban J connectivity index is 2.52. The van der Waals surface area contributed by atoms with Gasteiger partial charge in [0, 0.05) is 0 Å². The molecular formula is C8H12N4O5. The minimum atomic E-state index is -0.743. The fraction of sp³-hybridized carbons (Fsp3) is 0.500. The lowest BCUT2D eigenvalue weighted by atomic mass is 10.3. The minimum Gasteiger partial charge on any atom is -0.394 e. The van der Waals surface area contributed by atoms with Crippen molar-refractivity contribution in [1.82, 2.24) is 15.1 Å². The Hall–Kier alpha value is -2.00. The van der Waals surface area contributed by atoms with Crippen LogP contribution in [0.5, 0.6) is 0 Å². The third kappa shape index (κ3) is 3.81. The summed E-state index contributed by atoms with van der Waals surface area (Å²) in [7, 11) is 0. The average Bonchev–Trinajstić information content (AvgIpc) is 2.74. The van der Waals surface area contributed by atoms with Crippen molar-refractivity contribution in [3.8, 4) is 0 Å². The lowest BCUT2D eigenvalue weighted by Crippen LogP contribution is -2.41. The van der Waals surface area contributed by atoms with Gasteiger partial charge in [0.05, 0.1) is 24.2 Å². The fourth-order valence-electron chi connectivity index (χ4n) is 1.10. The fourth-order valence-corrected chi connectivity index (χ4v) is 1.10. The maximum atomic E-state index is 11.4. The van der Waals surface area contributed by atoms with Gasteiger partial charge in [0.25, 0.3) is 0 Å². The van der Waals surface area contributed by atoms with Crippen LogP contribution in [0.25, 0.3) is 0 Å². The molecule has 9 nitrogen and oxygen atoms in total.